The van der Waals surface area contributed by atoms with Gasteiger partial charge in [-0.25, -0.2) is 4.79 Å². The Morgan fingerprint density at radius 1 is 0.935 bits per heavy atom. The first-order valence-electron chi connectivity index (χ1n) is 13.0. The number of hydrogen-bond donors (Lipinski definition) is 2. The molecule has 0 aromatic carbocycles. The van der Waals surface area contributed by atoms with Crippen LogP contribution in [0.5, 0.6) is 0 Å². The smallest absolute Gasteiger partial charge is 0.348 e. The summed E-state index contributed by atoms with van der Waals surface area (Å²) >= 11 is 0. The van der Waals surface area contributed by atoms with Crippen molar-refractivity contribution in [1.82, 2.24) is 0 Å². The van der Waals surface area contributed by atoms with E-state index in [0.717, 1.165) is 38.5 Å². The first-order chi connectivity index (χ1) is 14.5. The molecule has 4 heteroatoms. The molecule has 4 rings (SSSR count). The first-order valence-corrected chi connectivity index (χ1v) is 13.0. The minimum Gasteiger partial charge on any atom is -0.393 e. The highest BCUT2D eigenvalue weighted by molar-refractivity contribution is 5.76. The highest BCUT2D eigenvalue weighted by atomic mass is 17.1. The number of hydrogen-bond acceptors (Lipinski definition) is 4. The van der Waals surface area contributed by atoms with Crippen LogP contribution in [0.1, 0.15) is 106 Å². The van der Waals surface area contributed by atoms with E-state index in [-0.39, 0.29) is 22.9 Å². The minimum atomic E-state index is -0.581. The number of carbonyl (C=O) groups is 1. The molecule has 0 aromatic rings. The molecule has 4 fully saturated rings. The van der Waals surface area contributed by atoms with Gasteiger partial charge in [-0.2, -0.15) is 5.26 Å². The summed E-state index contributed by atoms with van der Waals surface area (Å²) in [5, 5.41) is 19.9. The third kappa shape index (κ3) is 3.02. The van der Waals surface area contributed by atoms with Crippen LogP contribution in [0.15, 0.2) is 0 Å². The molecule has 4 aliphatic carbocycles. The highest BCUT2D eigenvalue weighted by Crippen LogP contribution is 2.74. The van der Waals surface area contributed by atoms with Crippen molar-refractivity contribution < 1.29 is 20.0 Å². The molecule has 4 aliphatic rings. The second-order valence-electron chi connectivity index (χ2n) is 12.9. The van der Waals surface area contributed by atoms with Crippen molar-refractivity contribution >= 4 is 5.97 Å². The van der Waals surface area contributed by atoms with Gasteiger partial charge in [0.05, 0.1) is 11.5 Å². The molecule has 0 radical (unpaired) electrons. The molecule has 178 valence electrons. The van der Waals surface area contributed by atoms with E-state index in [2.05, 4.69) is 39.5 Å². The lowest BCUT2D eigenvalue weighted by Gasteiger charge is -2.71. The normalized spacial score (nSPS) is 54.3. The van der Waals surface area contributed by atoms with Crippen molar-refractivity contribution in [1.29, 1.82) is 0 Å². The lowest BCUT2D eigenvalue weighted by Crippen LogP contribution is -2.65. The Labute approximate surface area is 189 Å². The molecule has 0 saturated heterocycles. The monoisotopic (exact) mass is 434 g/mol. The minimum absolute atomic E-state index is 0.136. The van der Waals surface area contributed by atoms with E-state index in [1.54, 1.807) is 0 Å². The van der Waals surface area contributed by atoms with Gasteiger partial charge in [0.2, 0.25) is 0 Å². The molecule has 0 aliphatic heterocycles. The fourth-order valence-corrected chi connectivity index (χ4v) is 10.0. The van der Waals surface area contributed by atoms with Crippen LogP contribution in [0.3, 0.4) is 0 Å². The molecular formula is C27H46O4. The fraction of sp³-hybridized carbons (Fsp3) is 0.963. The van der Waals surface area contributed by atoms with Gasteiger partial charge in [-0.1, -0.05) is 41.0 Å². The maximum absolute atomic E-state index is 12.7. The number of aliphatic hydroxyl groups is 1. The highest BCUT2D eigenvalue weighted by Gasteiger charge is 2.68. The molecule has 0 heterocycles. The van der Waals surface area contributed by atoms with Gasteiger partial charge >= 0.3 is 5.97 Å². The van der Waals surface area contributed by atoms with Crippen molar-refractivity contribution in [3.05, 3.63) is 0 Å². The van der Waals surface area contributed by atoms with Gasteiger partial charge in [0.1, 0.15) is 0 Å². The van der Waals surface area contributed by atoms with Crippen LogP contribution >= 0.6 is 0 Å². The van der Waals surface area contributed by atoms with E-state index < -0.39 is 11.4 Å². The second-order valence-corrected chi connectivity index (χ2v) is 12.9. The van der Waals surface area contributed by atoms with Crippen molar-refractivity contribution in [3.8, 4) is 0 Å². The SMILES string of the molecule is CCCC1C2CCC3C4(C)CCC(O)[C@H](C)C4CC[C@@]3(C)[C@]2(C)CC[C@]1(C)C(=O)OO. The average molecular weight is 435 g/mol. The van der Waals surface area contributed by atoms with E-state index in [4.69, 9.17) is 0 Å². The standard InChI is InChI=1S/C27H46O4/c1-7-8-19-20-9-10-22-24(3)13-12-21(28)17(2)18(24)11-14-27(22,6)26(20,5)16-15-25(19,4)23(29)31-30/h17-22,28,30H,7-16H2,1-6H3/t17-,18?,19?,20?,21?,22?,24?,25+,26-,27-/m1/s1. The zero-order valence-electron chi connectivity index (χ0n) is 20.7. The van der Waals surface area contributed by atoms with Crippen LogP contribution in [0, 0.1) is 51.2 Å². The van der Waals surface area contributed by atoms with Crippen LogP contribution in [0.25, 0.3) is 0 Å². The zero-order chi connectivity index (χ0) is 22.8. The van der Waals surface area contributed by atoms with Crippen molar-refractivity contribution in [2.75, 3.05) is 0 Å². The largest absolute Gasteiger partial charge is 0.393 e. The Balaban J connectivity index is 1.72. The van der Waals surface area contributed by atoms with Gasteiger partial charge in [-0.15, -0.1) is 0 Å². The first kappa shape index (κ1) is 23.5. The van der Waals surface area contributed by atoms with Crippen molar-refractivity contribution in [3.63, 3.8) is 0 Å². The summed E-state index contributed by atoms with van der Waals surface area (Å²) in [7, 11) is 0. The van der Waals surface area contributed by atoms with Gasteiger partial charge in [-0.3, -0.25) is 0 Å². The Hall–Kier alpha value is -0.610. The van der Waals surface area contributed by atoms with Gasteiger partial charge < -0.3 is 9.99 Å². The van der Waals surface area contributed by atoms with Crippen molar-refractivity contribution in [2.45, 2.75) is 112 Å². The molecule has 31 heavy (non-hydrogen) atoms. The average Bonchev–Trinajstić information content (AvgIpc) is 2.74. The molecule has 2 N–H and O–H groups in total. The number of fused-ring (bicyclic) bond motifs is 5. The Morgan fingerprint density at radius 3 is 2.29 bits per heavy atom. The topological polar surface area (TPSA) is 66.8 Å². The van der Waals surface area contributed by atoms with E-state index in [0.29, 0.717) is 29.1 Å². The lowest BCUT2D eigenvalue weighted by molar-refractivity contribution is -0.265. The van der Waals surface area contributed by atoms with E-state index in [1.807, 2.05) is 6.92 Å². The van der Waals surface area contributed by atoms with Gasteiger partial charge in [0.15, 0.2) is 0 Å². The molecule has 0 bridgehead atoms. The van der Waals surface area contributed by atoms with Crippen molar-refractivity contribution in [2.24, 2.45) is 51.2 Å². The molecule has 4 nitrogen and oxygen atoms in total. The Bertz CT molecular complexity index is 707. The van der Waals surface area contributed by atoms with Crippen LogP contribution in [-0.2, 0) is 9.68 Å². The molecular weight excluding hydrogens is 388 g/mol. The van der Waals surface area contributed by atoms with E-state index >= 15 is 0 Å². The third-order valence-electron chi connectivity index (χ3n) is 12.1. The summed E-state index contributed by atoms with van der Waals surface area (Å²) < 4.78 is 0. The molecule has 0 aromatic heterocycles. The van der Waals surface area contributed by atoms with Crippen LogP contribution < -0.4 is 0 Å². The van der Waals surface area contributed by atoms with Gasteiger partial charge in [0.25, 0.3) is 0 Å². The maximum atomic E-state index is 12.7. The summed E-state index contributed by atoms with van der Waals surface area (Å²) in [4.78, 5) is 17.1. The third-order valence-corrected chi connectivity index (χ3v) is 12.1. The van der Waals surface area contributed by atoms with E-state index in [1.165, 1.54) is 25.7 Å². The molecule has 0 spiro atoms. The number of carbonyl (C=O) groups excluding carboxylic acids is 1. The molecule has 10 atom stereocenters. The van der Waals surface area contributed by atoms with E-state index in [9.17, 15) is 15.2 Å². The Kier molecular flexibility index (Phi) is 5.86. The Morgan fingerprint density at radius 2 is 1.65 bits per heavy atom. The molecule has 0 amide bonds. The van der Waals surface area contributed by atoms with Crippen LogP contribution in [0.2, 0.25) is 0 Å². The van der Waals surface area contributed by atoms with Crippen LogP contribution in [-0.4, -0.2) is 22.4 Å². The fourth-order valence-electron chi connectivity index (χ4n) is 10.0. The quantitative estimate of drug-likeness (QED) is 0.395. The maximum Gasteiger partial charge on any atom is 0.348 e. The van der Waals surface area contributed by atoms with Gasteiger partial charge in [0, 0.05) is 0 Å². The van der Waals surface area contributed by atoms with Gasteiger partial charge in [-0.05, 0) is 111 Å². The second kappa shape index (κ2) is 7.72. The zero-order valence-corrected chi connectivity index (χ0v) is 20.7. The number of aliphatic hydroxyl groups excluding tert-OH is 1. The van der Waals surface area contributed by atoms with Crippen LogP contribution in [0.4, 0.5) is 0 Å². The summed E-state index contributed by atoms with van der Waals surface area (Å²) in [5.41, 5.74) is 0.200. The number of rotatable bonds is 3. The molecule has 6 unspecified atom stereocenters. The summed E-state index contributed by atoms with van der Waals surface area (Å²) in [6.45, 7) is 14.2. The summed E-state index contributed by atoms with van der Waals surface area (Å²) in [6.07, 6.45) is 10.7. The predicted molar refractivity (Wildman–Crippen MR) is 122 cm³/mol. The molecule has 4 saturated carbocycles. The summed E-state index contributed by atoms with van der Waals surface area (Å²) in [5.74, 6) is 2.05. The predicted octanol–water partition coefficient (Wildman–Crippen LogP) is 6.46. The summed E-state index contributed by atoms with van der Waals surface area (Å²) in [6, 6.07) is 0. The lowest BCUT2D eigenvalue weighted by atomic mass is 9.33.